The molecule has 0 radical (unpaired) electrons. The van der Waals surface area contributed by atoms with Gasteiger partial charge in [-0.2, -0.15) is 26.3 Å². The summed E-state index contributed by atoms with van der Waals surface area (Å²) in [5.74, 6) is -0.510. The summed E-state index contributed by atoms with van der Waals surface area (Å²) in [7, 11) is 0. The first-order valence-electron chi connectivity index (χ1n) is 9.35. The van der Waals surface area contributed by atoms with E-state index in [-0.39, 0.29) is 24.2 Å². The molecule has 4 heterocycles. The van der Waals surface area contributed by atoms with Crippen molar-refractivity contribution in [2.24, 2.45) is 0 Å². The maximum Gasteiger partial charge on any atom is 0.430 e. The maximum absolute atomic E-state index is 13.9. The second-order valence-corrected chi connectivity index (χ2v) is 7.54. The Kier molecular flexibility index (Phi) is 5.26. The third kappa shape index (κ3) is 3.85. The van der Waals surface area contributed by atoms with Crippen LogP contribution in [0.4, 0.5) is 41.3 Å². The number of halogens is 7. The van der Waals surface area contributed by atoms with Crippen LogP contribution >= 0.6 is 0 Å². The van der Waals surface area contributed by atoms with Crippen LogP contribution in [0.3, 0.4) is 0 Å². The van der Waals surface area contributed by atoms with Crippen molar-refractivity contribution < 1.29 is 40.3 Å². The molecule has 32 heavy (non-hydrogen) atoms. The summed E-state index contributed by atoms with van der Waals surface area (Å²) in [6.45, 7) is -0.638. The molecule has 0 spiro atoms. The molecule has 4 rings (SSSR count). The van der Waals surface area contributed by atoms with E-state index in [1.165, 1.54) is 0 Å². The first kappa shape index (κ1) is 22.2. The van der Waals surface area contributed by atoms with Crippen LogP contribution < -0.4 is 10.6 Å². The highest BCUT2D eigenvalue weighted by Crippen LogP contribution is 2.46. The van der Waals surface area contributed by atoms with Gasteiger partial charge in [-0.1, -0.05) is 0 Å². The fourth-order valence-corrected chi connectivity index (χ4v) is 3.83. The number of ether oxygens (including phenoxy) is 1. The number of fused-ring (bicyclic) bond motifs is 1. The summed E-state index contributed by atoms with van der Waals surface area (Å²) < 4.78 is 100. The van der Waals surface area contributed by atoms with Gasteiger partial charge in [0.2, 0.25) is 6.10 Å². The molecule has 0 unspecified atom stereocenters. The monoisotopic (exact) mass is 464 g/mol. The van der Waals surface area contributed by atoms with Gasteiger partial charge in [0.1, 0.15) is 12.5 Å². The third-order valence-corrected chi connectivity index (χ3v) is 5.47. The zero-order valence-electron chi connectivity index (χ0n) is 16.1. The summed E-state index contributed by atoms with van der Waals surface area (Å²) in [6, 6.07) is 2.33. The number of alkyl halides is 7. The van der Waals surface area contributed by atoms with E-state index >= 15 is 0 Å². The second kappa shape index (κ2) is 7.57. The zero-order chi connectivity index (χ0) is 23.3. The molecule has 172 valence electrons. The average Bonchev–Trinajstić information content (AvgIpc) is 3.21. The molecule has 1 amide bonds. The summed E-state index contributed by atoms with van der Waals surface area (Å²) >= 11 is 0. The normalized spacial score (nSPS) is 23.5. The Morgan fingerprint density at radius 2 is 1.94 bits per heavy atom. The van der Waals surface area contributed by atoms with Crippen LogP contribution in [0.25, 0.3) is 11.3 Å². The van der Waals surface area contributed by atoms with Gasteiger partial charge in [-0.05, 0) is 31.2 Å². The molecule has 0 saturated carbocycles. The van der Waals surface area contributed by atoms with Crippen LogP contribution in [-0.2, 0) is 16.3 Å². The predicted octanol–water partition coefficient (Wildman–Crippen LogP) is 4.53. The van der Waals surface area contributed by atoms with E-state index in [9.17, 15) is 35.5 Å². The molecule has 0 bridgehead atoms. The minimum Gasteiger partial charge on any atom is -0.431 e. The summed E-state index contributed by atoms with van der Waals surface area (Å²) in [6.07, 6.45) is -12.9. The number of hydrogen-bond acceptors (Lipinski definition) is 5. The van der Waals surface area contributed by atoms with Crippen molar-refractivity contribution in [3.05, 3.63) is 41.2 Å². The van der Waals surface area contributed by atoms with Gasteiger partial charge in [0.15, 0.2) is 0 Å². The van der Waals surface area contributed by atoms with Gasteiger partial charge in [0.05, 0.1) is 27.9 Å². The Labute approximate surface area is 176 Å². The van der Waals surface area contributed by atoms with Gasteiger partial charge in [0, 0.05) is 18.3 Å². The Hall–Kier alpha value is -2.96. The highest BCUT2D eigenvalue weighted by molar-refractivity contribution is 5.89. The number of carbonyl (C=O) groups excluding carboxylic acids is 1. The first-order valence-corrected chi connectivity index (χ1v) is 9.35. The van der Waals surface area contributed by atoms with E-state index in [0.717, 1.165) is 12.3 Å². The molecular formula is C19H15F7N4O2. The van der Waals surface area contributed by atoms with Gasteiger partial charge < -0.3 is 10.1 Å². The van der Waals surface area contributed by atoms with Crippen molar-refractivity contribution in [2.45, 2.75) is 30.3 Å². The van der Waals surface area contributed by atoms with Crippen molar-refractivity contribution in [1.29, 1.82) is 0 Å². The third-order valence-electron chi connectivity index (χ3n) is 5.47. The Bertz CT molecular complexity index is 1050. The number of nitrogens with one attached hydrogen (secondary N) is 2. The van der Waals surface area contributed by atoms with Crippen molar-refractivity contribution in [3.63, 3.8) is 0 Å². The number of amides is 1. The number of anilines is 1. The summed E-state index contributed by atoms with van der Waals surface area (Å²) in [5, 5.41) is 4.89. The average molecular weight is 464 g/mol. The molecule has 6 nitrogen and oxygen atoms in total. The smallest absolute Gasteiger partial charge is 0.430 e. The van der Waals surface area contributed by atoms with E-state index in [1.54, 1.807) is 0 Å². The van der Waals surface area contributed by atoms with Crippen molar-refractivity contribution in [1.82, 2.24) is 15.3 Å². The van der Waals surface area contributed by atoms with Crippen molar-refractivity contribution >= 4 is 11.9 Å². The quantitative estimate of drug-likeness (QED) is 0.653. The minimum atomic E-state index is -5.07. The molecule has 1 saturated heterocycles. The lowest BCUT2D eigenvalue weighted by atomic mass is 9.83. The lowest BCUT2D eigenvalue weighted by Crippen LogP contribution is -2.34. The summed E-state index contributed by atoms with van der Waals surface area (Å²) in [5.41, 5.74) is -4.29. The molecule has 13 heteroatoms. The lowest BCUT2D eigenvalue weighted by molar-refractivity contribution is -0.206. The van der Waals surface area contributed by atoms with E-state index < -0.39 is 59.3 Å². The van der Waals surface area contributed by atoms with Crippen LogP contribution in [0.15, 0.2) is 24.4 Å². The highest BCUT2D eigenvalue weighted by Gasteiger charge is 2.49. The second-order valence-electron chi connectivity index (χ2n) is 7.54. The molecule has 2 N–H and O–H groups in total. The zero-order valence-corrected chi connectivity index (χ0v) is 16.1. The lowest BCUT2D eigenvalue weighted by Gasteiger charge is -2.29. The van der Waals surface area contributed by atoms with Gasteiger partial charge in [0.25, 0.3) is 0 Å². The SMILES string of the molecule is O=C1Nc2nccc(-c3cc(C(F)(F)F)cc([C@]4(CF)CCNC4)n3)c2[C@H](C(F)(F)F)O1. The van der Waals surface area contributed by atoms with Crippen LogP contribution in [-0.4, -0.2) is 42.0 Å². The maximum atomic E-state index is 13.9. The van der Waals surface area contributed by atoms with E-state index in [1.807, 2.05) is 5.32 Å². The van der Waals surface area contributed by atoms with Gasteiger partial charge in [-0.25, -0.2) is 9.78 Å². The Morgan fingerprint density at radius 3 is 2.53 bits per heavy atom. The predicted molar refractivity (Wildman–Crippen MR) is 96.5 cm³/mol. The molecule has 2 aromatic rings. The number of rotatable bonds is 3. The van der Waals surface area contributed by atoms with Crippen LogP contribution in [0, 0.1) is 0 Å². The molecule has 2 aliphatic rings. The van der Waals surface area contributed by atoms with Crippen LogP contribution in [0.5, 0.6) is 0 Å². The Morgan fingerprint density at radius 1 is 1.19 bits per heavy atom. The number of pyridine rings is 2. The van der Waals surface area contributed by atoms with Crippen molar-refractivity contribution in [2.75, 3.05) is 25.1 Å². The molecule has 0 aromatic carbocycles. The fourth-order valence-electron chi connectivity index (χ4n) is 3.83. The molecule has 2 aromatic heterocycles. The van der Waals surface area contributed by atoms with Crippen LogP contribution in [0.1, 0.15) is 29.3 Å². The van der Waals surface area contributed by atoms with Crippen LogP contribution in [0.2, 0.25) is 0 Å². The molecule has 0 aliphatic carbocycles. The number of cyclic esters (lactones) is 1. The standard InChI is InChI=1S/C19H15F7N4O2/c20-7-17(2-4-27-8-17)12-6-9(18(21,22)23)5-11(29-12)10-1-3-28-15-13(10)14(19(24,25)26)32-16(31)30-15/h1,3,5-6,14,27H,2,4,7-8H2,(H,28,30,31)/t14-,17+/m1/s1. The van der Waals surface area contributed by atoms with E-state index in [2.05, 4.69) is 20.0 Å². The van der Waals surface area contributed by atoms with Crippen molar-refractivity contribution in [3.8, 4) is 11.3 Å². The molecule has 2 aliphatic heterocycles. The number of hydrogen-bond donors (Lipinski definition) is 2. The molecule has 1 fully saturated rings. The largest absolute Gasteiger partial charge is 0.431 e. The minimum absolute atomic E-state index is 0.0239. The van der Waals surface area contributed by atoms with Gasteiger partial charge in [-0.3, -0.25) is 14.7 Å². The fraction of sp³-hybridized carbons (Fsp3) is 0.421. The summed E-state index contributed by atoms with van der Waals surface area (Å²) in [4.78, 5) is 19.4. The topological polar surface area (TPSA) is 76.1 Å². The number of carbonyl (C=O) groups is 1. The first-order chi connectivity index (χ1) is 14.9. The number of nitrogens with zero attached hydrogens (tertiary/aromatic N) is 2. The van der Waals surface area contributed by atoms with Gasteiger partial charge >= 0.3 is 18.4 Å². The van der Waals surface area contributed by atoms with E-state index in [0.29, 0.717) is 18.7 Å². The number of aromatic nitrogens is 2. The van der Waals surface area contributed by atoms with E-state index in [4.69, 9.17) is 0 Å². The molecule has 2 atom stereocenters. The van der Waals surface area contributed by atoms with Gasteiger partial charge in [-0.15, -0.1) is 0 Å². The molecular weight excluding hydrogens is 449 g/mol. The Balaban J connectivity index is 1.96. The highest BCUT2D eigenvalue weighted by atomic mass is 19.4.